The van der Waals surface area contributed by atoms with Crippen molar-refractivity contribution in [3.05, 3.63) is 47.9 Å². The number of nitrogens with zero attached hydrogens (tertiary/aromatic N) is 5. The third-order valence-corrected chi connectivity index (χ3v) is 5.38. The number of aromatic nitrogens is 2. The Bertz CT molecular complexity index is 864. The molecule has 2 aromatic rings. The molecule has 0 N–H and O–H groups in total. The highest BCUT2D eigenvalue weighted by molar-refractivity contribution is 6.30. The maximum atomic E-state index is 12.8. The van der Waals surface area contributed by atoms with E-state index in [1.54, 1.807) is 39.1 Å². The second-order valence-corrected chi connectivity index (χ2v) is 7.54. The van der Waals surface area contributed by atoms with E-state index in [2.05, 4.69) is 9.97 Å². The van der Waals surface area contributed by atoms with Gasteiger partial charge in [-0.2, -0.15) is 0 Å². The van der Waals surface area contributed by atoms with Crippen molar-refractivity contribution in [1.82, 2.24) is 19.8 Å². The summed E-state index contributed by atoms with van der Waals surface area (Å²) < 4.78 is 5.87. The summed E-state index contributed by atoms with van der Waals surface area (Å²) >= 11 is 5.92. The van der Waals surface area contributed by atoms with E-state index in [1.807, 2.05) is 12.1 Å². The van der Waals surface area contributed by atoms with Gasteiger partial charge in [-0.05, 0) is 37.1 Å². The van der Waals surface area contributed by atoms with Crippen LogP contribution in [0.5, 0.6) is 5.88 Å². The van der Waals surface area contributed by atoms with Gasteiger partial charge < -0.3 is 14.5 Å². The van der Waals surface area contributed by atoms with Gasteiger partial charge in [-0.25, -0.2) is 14.8 Å². The van der Waals surface area contributed by atoms with Crippen LogP contribution in [-0.4, -0.2) is 70.5 Å². The van der Waals surface area contributed by atoms with Gasteiger partial charge in [0.2, 0.25) is 11.8 Å². The average molecular weight is 416 g/mol. The maximum Gasteiger partial charge on any atom is 0.325 e. The lowest BCUT2D eigenvalue weighted by Gasteiger charge is -2.33. The minimum absolute atomic E-state index is 0.0627. The number of carbonyl (C=O) groups excluding carboxylic acids is 2. The third kappa shape index (κ3) is 4.59. The van der Waals surface area contributed by atoms with E-state index < -0.39 is 0 Å². The van der Waals surface area contributed by atoms with E-state index in [9.17, 15) is 9.59 Å². The maximum absolute atomic E-state index is 12.8. The molecule has 2 saturated heterocycles. The number of carbonyl (C=O) groups is 2. The molecule has 1 aromatic carbocycles. The zero-order valence-electron chi connectivity index (χ0n) is 15.9. The van der Waals surface area contributed by atoms with Gasteiger partial charge in [-0.15, -0.1) is 0 Å². The molecule has 152 valence electrons. The molecule has 9 heteroatoms. The Balaban J connectivity index is 1.33. The summed E-state index contributed by atoms with van der Waals surface area (Å²) in [5.74, 6) is 0.444. The molecule has 0 saturated carbocycles. The summed E-state index contributed by atoms with van der Waals surface area (Å²) in [6.07, 6.45) is 4.67. The van der Waals surface area contributed by atoms with Crippen LogP contribution in [-0.2, 0) is 4.79 Å². The van der Waals surface area contributed by atoms with Gasteiger partial charge in [-0.3, -0.25) is 9.69 Å². The smallest absolute Gasteiger partial charge is 0.325 e. The number of anilines is 1. The van der Waals surface area contributed by atoms with Crippen LogP contribution < -0.4 is 9.64 Å². The molecule has 1 atom stereocenters. The number of ether oxygens (including phenoxy) is 1. The summed E-state index contributed by atoms with van der Waals surface area (Å²) in [5.41, 5.74) is 0.783. The van der Waals surface area contributed by atoms with E-state index in [1.165, 1.54) is 6.33 Å². The van der Waals surface area contributed by atoms with E-state index in [4.69, 9.17) is 16.3 Å². The summed E-state index contributed by atoms with van der Waals surface area (Å²) in [4.78, 5) is 38.5. The Morgan fingerprint density at radius 1 is 1.17 bits per heavy atom. The molecule has 1 aromatic heterocycles. The Hall–Kier alpha value is -2.87. The Labute approximate surface area is 174 Å². The fourth-order valence-electron chi connectivity index (χ4n) is 3.63. The first-order valence-electron chi connectivity index (χ1n) is 9.62. The molecule has 1 unspecified atom stereocenters. The molecule has 0 radical (unpaired) electrons. The number of hydrogen-bond donors (Lipinski definition) is 0. The monoisotopic (exact) mass is 415 g/mol. The molecule has 2 aliphatic rings. The molecular formula is C20H22ClN5O3. The van der Waals surface area contributed by atoms with Gasteiger partial charge >= 0.3 is 6.03 Å². The molecular weight excluding hydrogens is 394 g/mol. The van der Waals surface area contributed by atoms with E-state index in [0.717, 1.165) is 18.5 Å². The first-order valence-corrected chi connectivity index (χ1v) is 10.0. The van der Waals surface area contributed by atoms with Crippen LogP contribution in [0.1, 0.15) is 12.8 Å². The summed E-state index contributed by atoms with van der Waals surface area (Å²) in [7, 11) is 0. The number of rotatable bonds is 5. The molecule has 0 aliphatic carbocycles. The van der Waals surface area contributed by atoms with Gasteiger partial charge in [0.25, 0.3) is 0 Å². The molecule has 8 nitrogen and oxygen atoms in total. The minimum Gasteiger partial charge on any atom is -0.472 e. The molecule has 0 bridgehead atoms. The van der Waals surface area contributed by atoms with Crippen molar-refractivity contribution in [3.63, 3.8) is 0 Å². The zero-order valence-corrected chi connectivity index (χ0v) is 16.7. The summed E-state index contributed by atoms with van der Waals surface area (Å²) in [6, 6.07) is 8.67. The predicted molar refractivity (Wildman–Crippen MR) is 108 cm³/mol. The van der Waals surface area contributed by atoms with Crippen LogP contribution >= 0.6 is 11.6 Å². The number of piperidine rings is 1. The fourth-order valence-corrected chi connectivity index (χ4v) is 3.76. The van der Waals surface area contributed by atoms with Gasteiger partial charge in [0.15, 0.2) is 0 Å². The highest BCUT2D eigenvalue weighted by Crippen LogP contribution is 2.23. The lowest BCUT2D eigenvalue weighted by atomic mass is 10.1. The lowest BCUT2D eigenvalue weighted by molar-refractivity contribution is -0.134. The van der Waals surface area contributed by atoms with E-state index >= 15 is 0 Å². The minimum atomic E-state index is -0.161. The largest absolute Gasteiger partial charge is 0.472 e. The summed E-state index contributed by atoms with van der Waals surface area (Å²) in [6.45, 7) is 2.30. The molecule has 0 spiro atoms. The van der Waals surface area contributed by atoms with Crippen LogP contribution in [0, 0.1) is 0 Å². The van der Waals surface area contributed by atoms with E-state index in [0.29, 0.717) is 37.1 Å². The van der Waals surface area contributed by atoms with Gasteiger partial charge in [0.05, 0.1) is 6.54 Å². The van der Waals surface area contributed by atoms with Crippen LogP contribution in [0.15, 0.2) is 42.9 Å². The van der Waals surface area contributed by atoms with Crippen molar-refractivity contribution < 1.29 is 14.3 Å². The SMILES string of the molecule is O=C(CN1CCN(c2ccc(Cl)cc2)C1=O)N1CCCC(Oc2ccncn2)C1. The highest BCUT2D eigenvalue weighted by Gasteiger charge is 2.33. The first kappa shape index (κ1) is 19.4. The van der Waals surface area contributed by atoms with Crippen molar-refractivity contribution in [1.29, 1.82) is 0 Å². The van der Waals surface area contributed by atoms with Crippen LogP contribution in [0.25, 0.3) is 0 Å². The zero-order chi connectivity index (χ0) is 20.2. The Kier molecular flexibility index (Phi) is 5.80. The number of urea groups is 1. The van der Waals surface area contributed by atoms with Crippen molar-refractivity contribution in [2.75, 3.05) is 37.6 Å². The molecule has 2 aliphatic heterocycles. The number of hydrogen-bond acceptors (Lipinski definition) is 5. The van der Waals surface area contributed by atoms with Crippen molar-refractivity contribution in [2.24, 2.45) is 0 Å². The van der Waals surface area contributed by atoms with Crippen LogP contribution in [0.4, 0.5) is 10.5 Å². The highest BCUT2D eigenvalue weighted by atomic mass is 35.5. The summed E-state index contributed by atoms with van der Waals surface area (Å²) in [5, 5.41) is 0.622. The molecule has 4 rings (SSSR count). The standard InChI is InChI=1S/C20H22ClN5O3/c21-15-3-5-16(6-4-15)26-11-10-25(20(26)28)13-19(27)24-9-1-2-17(12-24)29-18-7-8-22-14-23-18/h3-8,14,17H,1-2,9-13H2. The lowest BCUT2D eigenvalue weighted by Crippen LogP contribution is -2.48. The first-order chi connectivity index (χ1) is 14.1. The molecule has 2 fully saturated rings. The predicted octanol–water partition coefficient (Wildman–Crippen LogP) is 2.44. The molecule has 3 heterocycles. The second-order valence-electron chi connectivity index (χ2n) is 7.10. The second kappa shape index (κ2) is 8.65. The van der Waals surface area contributed by atoms with Crippen molar-refractivity contribution in [2.45, 2.75) is 18.9 Å². The Morgan fingerprint density at radius 2 is 2.00 bits per heavy atom. The quantitative estimate of drug-likeness (QED) is 0.749. The van der Waals surface area contributed by atoms with Crippen LogP contribution in [0.3, 0.4) is 0 Å². The van der Waals surface area contributed by atoms with Crippen molar-refractivity contribution >= 4 is 29.2 Å². The van der Waals surface area contributed by atoms with Crippen LogP contribution in [0.2, 0.25) is 5.02 Å². The Morgan fingerprint density at radius 3 is 2.76 bits per heavy atom. The fraction of sp³-hybridized carbons (Fsp3) is 0.400. The number of benzene rings is 1. The van der Waals surface area contributed by atoms with Gasteiger partial charge in [-0.1, -0.05) is 11.6 Å². The third-order valence-electron chi connectivity index (χ3n) is 5.13. The van der Waals surface area contributed by atoms with E-state index in [-0.39, 0.29) is 24.6 Å². The number of amides is 3. The van der Waals surface area contributed by atoms with Gasteiger partial charge in [0, 0.05) is 42.6 Å². The van der Waals surface area contributed by atoms with Crippen molar-refractivity contribution in [3.8, 4) is 5.88 Å². The molecule has 3 amide bonds. The topological polar surface area (TPSA) is 78.9 Å². The molecule has 29 heavy (non-hydrogen) atoms. The number of likely N-dealkylation sites (tertiary alicyclic amines) is 1. The van der Waals surface area contributed by atoms with Gasteiger partial charge in [0.1, 0.15) is 19.0 Å². The number of halogens is 1. The average Bonchev–Trinajstić information content (AvgIpc) is 3.10. The normalized spacial score (nSPS) is 19.6.